The van der Waals surface area contributed by atoms with E-state index in [9.17, 15) is 18.3 Å². The lowest BCUT2D eigenvalue weighted by Gasteiger charge is -2.13. The minimum Gasteiger partial charge on any atom is -0.506 e. The van der Waals surface area contributed by atoms with Gasteiger partial charge in [-0.1, -0.05) is 24.3 Å². The Balaban J connectivity index is 1.41. The number of rotatable bonds is 7. The standard InChI is InChI=1S/C27H23N5O6S/c1-37-22-11-19-21(13-23(22)38-2)29-14-30-26(19)31-15-7-9-16(10-8-15)32-27(34)20-12-24(39(28,35)36)17-5-3-4-6-18(17)25(20)33/h3-14,33H,1-2H3,(H,32,34)(H2,28,35,36)(H,29,30,31). The summed E-state index contributed by atoms with van der Waals surface area (Å²) in [5.74, 6) is 0.560. The number of aromatic hydroxyl groups is 1. The van der Waals surface area contributed by atoms with E-state index in [0.29, 0.717) is 39.6 Å². The SMILES string of the molecule is COc1cc2ncnc(Nc3ccc(NC(=O)c4cc(S(N)(=O)=O)c5ccccc5c4O)cc3)c2cc1OC. The Morgan fingerprint density at radius 3 is 2.18 bits per heavy atom. The molecule has 0 aliphatic rings. The van der Waals surface area contributed by atoms with Crippen LogP contribution in [0.3, 0.4) is 0 Å². The summed E-state index contributed by atoms with van der Waals surface area (Å²) in [6, 6.07) is 17.6. The normalized spacial score (nSPS) is 11.4. The van der Waals surface area contributed by atoms with Gasteiger partial charge in [0, 0.05) is 33.6 Å². The summed E-state index contributed by atoms with van der Waals surface area (Å²) in [6.07, 6.45) is 1.43. The topological polar surface area (TPSA) is 166 Å². The number of carbonyl (C=O) groups is 1. The summed E-state index contributed by atoms with van der Waals surface area (Å²) in [5, 5.41) is 23.1. The first kappa shape index (κ1) is 25.7. The third-order valence-electron chi connectivity index (χ3n) is 6.08. The van der Waals surface area contributed by atoms with E-state index in [4.69, 9.17) is 14.6 Å². The van der Waals surface area contributed by atoms with E-state index in [-0.39, 0.29) is 27.0 Å². The second-order valence-electron chi connectivity index (χ2n) is 8.46. The lowest BCUT2D eigenvalue weighted by Crippen LogP contribution is -2.16. The van der Waals surface area contributed by atoms with Crippen LogP contribution in [0.2, 0.25) is 0 Å². The molecule has 5 aromatic rings. The van der Waals surface area contributed by atoms with Crippen molar-refractivity contribution < 1.29 is 27.8 Å². The molecule has 0 atom stereocenters. The van der Waals surface area contributed by atoms with E-state index in [1.807, 2.05) is 0 Å². The molecule has 0 saturated heterocycles. The number of amides is 1. The average Bonchev–Trinajstić information content (AvgIpc) is 2.93. The van der Waals surface area contributed by atoms with Crippen LogP contribution in [0.15, 0.2) is 78.0 Å². The Labute approximate surface area is 223 Å². The highest BCUT2D eigenvalue weighted by atomic mass is 32.2. The van der Waals surface area contributed by atoms with Crippen molar-refractivity contribution >= 4 is 54.8 Å². The molecule has 12 heteroatoms. The van der Waals surface area contributed by atoms with Crippen LogP contribution in [-0.4, -0.2) is 43.6 Å². The van der Waals surface area contributed by atoms with Gasteiger partial charge in [0.1, 0.15) is 17.9 Å². The molecule has 0 radical (unpaired) electrons. The van der Waals surface area contributed by atoms with Gasteiger partial charge in [-0.3, -0.25) is 4.79 Å². The van der Waals surface area contributed by atoms with Crippen molar-refractivity contribution in [1.29, 1.82) is 0 Å². The smallest absolute Gasteiger partial charge is 0.259 e. The average molecular weight is 546 g/mol. The molecule has 1 heterocycles. The Morgan fingerprint density at radius 1 is 0.872 bits per heavy atom. The van der Waals surface area contributed by atoms with Crippen molar-refractivity contribution in [3.8, 4) is 17.2 Å². The fourth-order valence-corrected chi connectivity index (χ4v) is 4.96. The number of aromatic nitrogens is 2. The third-order valence-corrected chi connectivity index (χ3v) is 7.03. The molecule has 0 spiro atoms. The first-order valence-electron chi connectivity index (χ1n) is 11.5. The van der Waals surface area contributed by atoms with Crippen LogP contribution >= 0.6 is 0 Å². The van der Waals surface area contributed by atoms with Gasteiger partial charge in [0.15, 0.2) is 11.5 Å². The van der Waals surface area contributed by atoms with Crippen molar-refractivity contribution in [2.45, 2.75) is 4.90 Å². The van der Waals surface area contributed by atoms with Crippen molar-refractivity contribution in [3.63, 3.8) is 0 Å². The number of primary sulfonamides is 1. The highest BCUT2D eigenvalue weighted by Gasteiger charge is 2.22. The number of phenolic OH excluding ortho intramolecular Hbond substituents is 1. The van der Waals surface area contributed by atoms with Gasteiger partial charge < -0.3 is 25.2 Å². The Kier molecular flexibility index (Phi) is 6.64. The second-order valence-corrected chi connectivity index (χ2v) is 9.99. The zero-order valence-electron chi connectivity index (χ0n) is 20.8. The molecule has 1 aromatic heterocycles. The van der Waals surface area contributed by atoms with Crippen LogP contribution in [0.25, 0.3) is 21.7 Å². The predicted octanol–water partition coefficient (Wildman–Crippen LogP) is 4.15. The number of methoxy groups -OCH3 is 2. The molecule has 0 fully saturated rings. The van der Waals surface area contributed by atoms with Gasteiger partial charge in [0.2, 0.25) is 10.0 Å². The molecule has 0 saturated carbocycles. The molecule has 0 bridgehead atoms. The summed E-state index contributed by atoms with van der Waals surface area (Å²) in [5.41, 5.74) is 1.52. The number of phenols is 1. The fraction of sp³-hybridized carbons (Fsp3) is 0.0741. The monoisotopic (exact) mass is 545 g/mol. The van der Waals surface area contributed by atoms with Gasteiger partial charge in [-0.25, -0.2) is 23.5 Å². The Hall–Kier alpha value is -4.94. The fourth-order valence-electron chi connectivity index (χ4n) is 4.19. The maximum Gasteiger partial charge on any atom is 0.259 e. The lowest BCUT2D eigenvalue weighted by atomic mass is 10.0. The maximum atomic E-state index is 13.0. The highest BCUT2D eigenvalue weighted by molar-refractivity contribution is 7.89. The molecule has 5 rings (SSSR count). The molecular weight excluding hydrogens is 522 g/mol. The zero-order chi connectivity index (χ0) is 27.7. The molecule has 4 aromatic carbocycles. The minimum atomic E-state index is -4.16. The van der Waals surface area contributed by atoms with Crippen molar-refractivity contribution in [1.82, 2.24) is 9.97 Å². The van der Waals surface area contributed by atoms with Gasteiger partial charge in [-0.15, -0.1) is 0 Å². The van der Waals surface area contributed by atoms with Gasteiger partial charge in [0.25, 0.3) is 5.91 Å². The number of ether oxygens (including phenoxy) is 2. The van der Waals surface area contributed by atoms with E-state index in [1.165, 1.54) is 18.5 Å². The predicted molar refractivity (Wildman–Crippen MR) is 147 cm³/mol. The van der Waals surface area contributed by atoms with E-state index in [1.54, 1.807) is 62.8 Å². The highest BCUT2D eigenvalue weighted by Crippen LogP contribution is 2.35. The number of hydrogen-bond acceptors (Lipinski definition) is 9. The Morgan fingerprint density at radius 2 is 1.51 bits per heavy atom. The van der Waals surface area contributed by atoms with Crippen LogP contribution in [0.1, 0.15) is 10.4 Å². The molecule has 0 unspecified atom stereocenters. The number of benzene rings is 4. The first-order valence-corrected chi connectivity index (χ1v) is 13.1. The van der Waals surface area contributed by atoms with Crippen LogP contribution in [0.5, 0.6) is 17.2 Å². The number of sulfonamides is 1. The first-order chi connectivity index (χ1) is 18.7. The van der Waals surface area contributed by atoms with E-state index in [0.717, 1.165) is 6.07 Å². The number of carbonyl (C=O) groups excluding carboxylic acids is 1. The molecule has 5 N–H and O–H groups in total. The molecule has 11 nitrogen and oxygen atoms in total. The number of nitrogens with zero attached hydrogens (tertiary/aromatic N) is 2. The molecule has 0 aliphatic carbocycles. The van der Waals surface area contributed by atoms with Crippen LogP contribution in [-0.2, 0) is 10.0 Å². The van der Waals surface area contributed by atoms with Crippen LogP contribution < -0.4 is 25.2 Å². The minimum absolute atomic E-state index is 0.194. The van der Waals surface area contributed by atoms with Gasteiger partial charge >= 0.3 is 0 Å². The lowest BCUT2D eigenvalue weighted by molar-refractivity contribution is 0.102. The van der Waals surface area contributed by atoms with Gasteiger partial charge in [0.05, 0.1) is 30.2 Å². The molecule has 198 valence electrons. The number of hydrogen-bond donors (Lipinski definition) is 4. The Bertz CT molecular complexity index is 1840. The van der Waals surface area contributed by atoms with Crippen LogP contribution in [0.4, 0.5) is 17.2 Å². The van der Waals surface area contributed by atoms with Crippen LogP contribution in [0, 0.1) is 0 Å². The summed E-state index contributed by atoms with van der Waals surface area (Å²) >= 11 is 0. The number of nitrogens with one attached hydrogen (secondary N) is 2. The van der Waals surface area contributed by atoms with E-state index in [2.05, 4.69) is 20.6 Å². The summed E-state index contributed by atoms with van der Waals surface area (Å²) in [6.45, 7) is 0. The quantitative estimate of drug-likeness (QED) is 0.235. The van der Waals surface area contributed by atoms with Crippen molar-refractivity contribution in [3.05, 3.63) is 78.6 Å². The van der Waals surface area contributed by atoms with E-state index >= 15 is 0 Å². The number of anilines is 3. The molecule has 1 amide bonds. The zero-order valence-corrected chi connectivity index (χ0v) is 21.6. The number of fused-ring (bicyclic) bond motifs is 2. The largest absolute Gasteiger partial charge is 0.506 e. The molecule has 0 aliphatic heterocycles. The molecular formula is C27H23N5O6S. The summed E-state index contributed by atoms with van der Waals surface area (Å²) in [7, 11) is -1.07. The van der Waals surface area contributed by atoms with E-state index < -0.39 is 15.9 Å². The van der Waals surface area contributed by atoms with Gasteiger partial charge in [-0.05, 0) is 36.4 Å². The van der Waals surface area contributed by atoms with Crippen molar-refractivity contribution in [2.75, 3.05) is 24.9 Å². The maximum absolute atomic E-state index is 13.0. The third kappa shape index (κ3) is 4.98. The van der Waals surface area contributed by atoms with Gasteiger partial charge in [-0.2, -0.15) is 0 Å². The number of nitrogens with two attached hydrogens (primary N) is 1. The molecule has 39 heavy (non-hydrogen) atoms. The summed E-state index contributed by atoms with van der Waals surface area (Å²) < 4.78 is 35.1. The summed E-state index contributed by atoms with van der Waals surface area (Å²) in [4.78, 5) is 21.4. The van der Waals surface area contributed by atoms with Crippen molar-refractivity contribution in [2.24, 2.45) is 5.14 Å². The second kappa shape index (κ2) is 10.1.